The molecule has 0 radical (unpaired) electrons. The molecular formula is C77H133F2N13O13. The number of likely N-dealkylation sites (N-methyl/N-ethyl adjacent to an activating group) is 5. The number of rotatable bonds is 19. The number of amides is 12. The van der Waals surface area contributed by atoms with E-state index < -0.39 is 175 Å². The number of hydrogen-bond donors (Lipinski definition) is 6. The van der Waals surface area contributed by atoms with Crippen LogP contribution in [-0.4, -0.2) is 269 Å². The van der Waals surface area contributed by atoms with Gasteiger partial charge in [-0.3, -0.25) is 57.5 Å². The molecule has 6 N–H and O–H groups in total. The highest BCUT2D eigenvalue weighted by Crippen LogP contribution is 2.33. The van der Waals surface area contributed by atoms with Crippen molar-refractivity contribution in [3.8, 4) is 0 Å². The Bertz CT molecular complexity index is 2890. The van der Waals surface area contributed by atoms with Crippen LogP contribution in [0.15, 0.2) is 0 Å². The number of carbonyl (C=O) groups excluding carboxylic acids is 12. The van der Waals surface area contributed by atoms with Crippen LogP contribution in [0.3, 0.4) is 0 Å². The molecule has 2 saturated carbocycles. The summed E-state index contributed by atoms with van der Waals surface area (Å²) in [6.07, 6.45) is 9.26. The first kappa shape index (κ1) is 89.0. The number of carbonyl (C=O) groups is 12. The van der Waals surface area contributed by atoms with E-state index in [0.29, 0.717) is 38.8 Å². The Balaban J connectivity index is 1.68. The second-order valence-electron chi connectivity index (χ2n) is 32.8. The Morgan fingerprint density at radius 3 is 1.48 bits per heavy atom. The van der Waals surface area contributed by atoms with Gasteiger partial charge in [-0.25, -0.2) is 8.78 Å². The van der Waals surface area contributed by atoms with Gasteiger partial charge in [-0.15, -0.1) is 0 Å². The number of likely N-dealkylation sites (tertiary alicyclic amines) is 2. The minimum absolute atomic E-state index is 0.0181. The fraction of sp³-hybridized carbons (Fsp3) is 0.844. The molecule has 0 unspecified atom stereocenters. The normalized spacial score (nSPS) is 28.1. The van der Waals surface area contributed by atoms with Gasteiger partial charge >= 0.3 is 0 Å². The second kappa shape index (κ2) is 42.2. The smallest absolute Gasteiger partial charge is 0.250 e. The SMILES string of the molecule is CCCCN1CC(=O)N(C)[C@@H](CC(C)C)C(=O)N[C@@H](CC(C)C)C(=O)N(C)[C@@H](CC2CCCCC2)C(=O)N(C)[C@@H](C)C(=O)N[C@H](C(=O)N2CCCCC2)CC(=O)N[C@H](C(C)C)C(=O)N(C)[C@@H](CC2CCCCC2)C(=O)N[C@@H](CC(C)C)C(=O)N(C)[C@@H](CCN2CCC(F)(F)CC2)C(=O)N[C@@H]([C@@H](C)O)C1=O. The maximum Gasteiger partial charge on any atom is 0.250 e. The molecule has 12 amide bonds. The Morgan fingerprint density at radius 1 is 0.505 bits per heavy atom. The molecule has 2 aliphatic carbocycles. The van der Waals surface area contributed by atoms with E-state index in [2.05, 4.69) is 26.6 Å². The van der Waals surface area contributed by atoms with E-state index in [1.165, 1.54) is 73.6 Å². The topological polar surface area (TPSA) is 311 Å². The van der Waals surface area contributed by atoms with Gasteiger partial charge in [0.05, 0.1) is 19.1 Å². The van der Waals surface area contributed by atoms with Gasteiger partial charge in [0.25, 0.3) is 5.92 Å². The number of aliphatic hydroxyl groups excluding tert-OH is 1. The van der Waals surface area contributed by atoms with Crippen molar-refractivity contribution < 1.29 is 71.4 Å². The average Bonchev–Trinajstić information content (AvgIpc) is 0.823. The molecule has 598 valence electrons. The first-order valence-corrected chi connectivity index (χ1v) is 39.6. The van der Waals surface area contributed by atoms with Crippen molar-refractivity contribution in [2.75, 3.05) is 81.1 Å². The summed E-state index contributed by atoms with van der Waals surface area (Å²) in [6.45, 7) is 19.3. The van der Waals surface area contributed by atoms with Crippen LogP contribution in [0.2, 0.25) is 0 Å². The number of aliphatic hydroxyl groups is 1. The van der Waals surface area contributed by atoms with Crippen LogP contribution in [0, 0.1) is 35.5 Å². The van der Waals surface area contributed by atoms with E-state index in [9.17, 15) is 33.1 Å². The third-order valence-corrected chi connectivity index (χ3v) is 22.4. The summed E-state index contributed by atoms with van der Waals surface area (Å²) in [4.78, 5) is 192. The molecule has 28 heteroatoms. The second-order valence-corrected chi connectivity index (χ2v) is 32.8. The van der Waals surface area contributed by atoms with Crippen molar-refractivity contribution in [1.29, 1.82) is 0 Å². The minimum Gasteiger partial charge on any atom is -0.391 e. The van der Waals surface area contributed by atoms with E-state index >= 15 is 38.4 Å². The van der Waals surface area contributed by atoms with Crippen molar-refractivity contribution in [2.24, 2.45) is 35.5 Å². The molecular weight excluding hydrogens is 1350 g/mol. The summed E-state index contributed by atoms with van der Waals surface area (Å²) in [5, 5.41) is 25.9. The monoisotopic (exact) mass is 1490 g/mol. The number of alkyl halides is 2. The first-order chi connectivity index (χ1) is 49.4. The molecule has 3 heterocycles. The third kappa shape index (κ3) is 26.7. The fourth-order valence-corrected chi connectivity index (χ4v) is 15.5. The summed E-state index contributed by atoms with van der Waals surface area (Å²) in [5.41, 5.74) is 0. The lowest BCUT2D eigenvalue weighted by molar-refractivity contribution is -0.150. The Labute approximate surface area is 624 Å². The van der Waals surface area contributed by atoms with Crippen LogP contribution in [0.25, 0.3) is 0 Å². The molecule has 0 aromatic heterocycles. The summed E-state index contributed by atoms with van der Waals surface area (Å²) >= 11 is 0. The molecule has 105 heavy (non-hydrogen) atoms. The minimum atomic E-state index is -2.90. The van der Waals surface area contributed by atoms with Crippen LogP contribution in [0.5, 0.6) is 0 Å². The summed E-state index contributed by atoms with van der Waals surface area (Å²) in [6, 6.07) is -13.3. The molecule has 0 aromatic rings. The van der Waals surface area contributed by atoms with Crippen LogP contribution >= 0.6 is 0 Å². The zero-order valence-corrected chi connectivity index (χ0v) is 66.4. The maximum absolute atomic E-state index is 15.4. The lowest BCUT2D eigenvalue weighted by Crippen LogP contribution is -2.62. The van der Waals surface area contributed by atoms with Crippen molar-refractivity contribution in [3.05, 3.63) is 0 Å². The highest BCUT2D eigenvalue weighted by atomic mass is 19.3. The summed E-state index contributed by atoms with van der Waals surface area (Å²) in [7, 11) is 7.20. The van der Waals surface area contributed by atoms with Gasteiger partial charge in [-0.1, -0.05) is 133 Å². The van der Waals surface area contributed by atoms with Gasteiger partial charge in [0.1, 0.15) is 60.4 Å². The Morgan fingerprint density at radius 2 is 0.981 bits per heavy atom. The van der Waals surface area contributed by atoms with Gasteiger partial charge in [-0.2, -0.15) is 0 Å². The molecule has 3 saturated heterocycles. The number of nitrogens with one attached hydrogen (secondary N) is 5. The highest BCUT2D eigenvalue weighted by Gasteiger charge is 2.45. The molecule has 5 fully saturated rings. The fourth-order valence-electron chi connectivity index (χ4n) is 15.5. The number of halogens is 2. The van der Waals surface area contributed by atoms with E-state index in [4.69, 9.17) is 0 Å². The first-order valence-electron chi connectivity index (χ1n) is 39.6. The van der Waals surface area contributed by atoms with E-state index in [-0.39, 0.29) is 94.3 Å². The quantitative estimate of drug-likeness (QED) is 0.0885. The highest BCUT2D eigenvalue weighted by molar-refractivity contribution is 6.00. The number of hydrogen-bond acceptors (Lipinski definition) is 14. The molecule has 5 rings (SSSR count). The maximum atomic E-state index is 15.4. The van der Waals surface area contributed by atoms with Crippen LogP contribution in [0.1, 0.15) is 230 Å². The zero-order chi connectivity index (χ0) is 78.3. The number of unbranched alkanes of at least 4 members (excludes halogenated alkanes) is 1. The lowest BCUT2D eigenvalue weighted by Gasteiger charge is -2.38. The van der Waals surface area contributed by atoms with Crippen molar-refractivity contribution in [2.45, 2.75) is 303 Å². The molecule has 5 aliphatic rings. The van der Waals surface area contributed by atoms with E-state index in [1.807, 2.05) is 48.5 Å². The number of nitrogens with zero attached hydrogens (tertiary/aromatic N) is 8. The van der Waals surface area contributed by atoms with Crippen LogP contribution < -0.4 is 26.6 Å². The van der Waals surface area contributed by atoms with Crippen molar-refractivity contribution >= 4 is 70.9 Å². The van der Waals surface area contributed by atoms with Crippen LogP contribution in [0.4, 0.5) is 8.78 Å². The van der Waals surface area contributed by atoms with Gasteiger partial charge in [0.15, 0.2) is 0 Å². The van der Waals surface area contributed by atoms with E-state index in [1.54, 1.807) is 23.6 Å². The largest absolute Gasteiger partial charge is 0.391 e. The van der Waals surface area contributed by atoms with Gasteiger partial charge in [0.2, 0.25) is 70.9 Å². The zero-order valence-electron chi connectivity index (χ0n) is 66.4. The molecule has 3 aliphatic heterocycles. The molecule has 11 atom stereocenters. The summed E-state index contributed by atoms with van der Waals surface area (Å²) in [5.74, 6) is -12.6. The van der Waals surface area contributed by atoms with Crippen molar-refractivity contribution in [3.63, 3.8) is 0 Å². The molecule has 26 nitrogen and oxygen atoms in total. The Kier molecular flexibility index (Phi) is 35.8. The number of piperidine rings is 2. The van der Waals surface area contributed by atoms with E-state index in [0.717, 1.165) is 75.5 Å². The van der Waals surface area contributed by atoms with Gasteiger partial charge < -0.3 is 70.9 Å². The standard InChI is InChI=1S/C77H133F2N13O13/c1-17-18-35-92-47-64(95)86(13)60(43-50(6)7)69(98)81-57(42-49(4)5)72(101)89(16)62(45-55-30-24-20-25-31-55)74(103)85(12)52(10)67(96)80-58(73(102)91-36-26-21-27-37-91)46-63(94)83-65(51(8)9)75(104)88(15)61(44-54-28-22-19-23-29-54)70(99)82-56(41-48(2)3)71(100)87(14)59(68(97)84-66(53(11)93)76(92)105)32-38-90-39-33-77(78,79)34-40-90/h48-62,65-66,93H,17-47H2,1-16H3,(H,80,96)(H,81,98)(H,82,99)(H,83,94)(H,84,97)/t52-,53+,56-,57-,58-,59-,60-,61-,62-,65+,66-/m0/s1. The lowest BCUT2D eigenvalue weighted by atomic mass is 9.84. The summed E-state index contributed by atoms with van der Waals surface area (Å²) < 4.78 is 29.1. The van der Waals surface area contributed by atoms with Crippen molar-refractivity contribution in [1.82, 2.24) is 65.8 Å². The Hall–Kier alpha value is -6.58. The van der Waals surface area contributed by atoms with Gasteiger partial charge in [0, 0.05) is 87.3 Å². The predicted octanol–water partition coefficient (Wildman–Crippen LogP) is 5.85. The molecule has 0 spiro atoms. The third-order valence-electron chi connectivity index (χ3n) is 22.4. The van der Waals surface area contributed by atoms with Gasteiger partial charge in [-0.05, 0) is 114 Å². The predicted molar refractivity (Wildman–Crippen MR) is 397 cm³/mol. The van der Waals surface area contributed by atoms with Crippen LogP contribution in [-0.2, 0) is 57.5 Å². The average molecular weight is 1490 g/mol. The molecule has 0 aromatic carbocycles. The molecule has 0 bridgehead atoms.